The van der Waals surface area contributed by atoms with Crippen LogP contribution in [0.2, 0.25) is 0 Å². The first-order valence-electron chi connectivity index (χ1n) is 9.74. The molecule has 3 rings (SSSR count). The van der Waals surface area contributed by atoms with Crippen molar-refractivity contribution >= 4 is 5.91 Å². The second-order valence-corrected chi connectivity index (χ2v) is 7.96. The molecule has 1 aromatic rings. The lowest BCUT2D eigenvalue weighted by Gasteiger charge is -2.37. The first-order valence-corrected chi connectivity index (χ1v) is 9.74. The lowest BCUT2D eigenvalue weighted by atomic mass is 9.94. The smallest absolute Gasteiger partial charge is 0.251 e. The Morgan fingerprint density at radius 1 is 1.19 bits per heavy atom. The van der Waals surface area contributed by atoms with Crippen molar-refractivity contribution in [3.8, 4) is 0 Å². The molecule has 0 aliphatic carbocycles. The molecule has 0 radical (unpaired) electrons. The molecule has 0 aromatic heterocycles. The molecule has 1 amide bonds. The number of piperidine rings is 1. The van der Waals surface area contributed by atoms with Crippen molar-refractivity contribution in [2.75, 3.05) is 39.8 Å². The summed E-state index contributed by atoms with van der Waals surface area (Å²) in [5.74, 6) is -2.54. The highest BCUT2D eigenvalue weighted by molar-refractivity contribution is 5.94. The molecule has 0 saturated carbocycles. The van der Waals surface area contributed by atoms with Gasteiger partial charge in [-0.05, 0) is 77.0 Å². The Labute approximate surface area is 159 Å². The molecule has 2 N–H and O–H groups in total. The number of benzene rings is 1. The Bertz CT molecular complexity index is 665. The normalized spacial score (nSPS) is 25.9. The first-order chi connectivity index (χ1) is 12.9. The number of carbonyl (C=O) groups excluding carboxylic acids is 1. The van der Waals surface area contributed by atoms with Crippen LogP contribution in [0.5, 0.6) is 0 Å². The maximum Gasteiger partial charge on any atom is 0.251 e. The molecule has 7 heteroatoms. The van der Waals surface area contributed by atoms with Crippen LogP contribution in [0, 0.1) is 11.6 Å². The third-order valence-electron chi connectivity index (χ3n) is 5.92. The van der Waals surface area contributed by atoms with Crippen LogP contribution in [0.1, 0.15) is 42.5 Å². The number of hydrogen-bond acceptors (Lipinski definition) is 4. The Morgan fingerprint density at radius 3 is 2.63 bits per heavy atom. The Hall–Kier alpha value is -1.57. The second kappa shape index (κ2) is 8.63. The van der Waals surface area contributed by atoms with Crippen molar-refractivity contribution in [1.29, 1.82) is 0 Å². The topological polar surface area (TPSA) is 55.8 Å². The summed E-state index contributed by atoms with van der Waals surface area (Å²) in [6, 6.07) is 3.63. The van der Waals surface area contributed by atoms with Gasteiger partial charge in [0.2, 0.25) is 0 Å². The van der Waals surface area contributed by atoms with E-state index in [9.17, 15) is 18.7 Å². The summed E-state index contributed by atoms with van der Waals surface area (Å²) < 4.78 is 26.3. The van der Waals surface area contributed by atoms with Crippen molar-refractivity contribution in [3.05, 3.63) is 35.4 Å². The van der Waals surface area contributed by atoms with Gasteiger partial charge in [0, 0.05) is 24.7 Å². The zero-order chi connectivity index (χ0) is 19.4. The maximum absolute atomic E-state index is 13.3. The van der Waals surface area contributed by atoms with Gasteiger partial charge in [0.1, 0.15) is 0 Å². The maximum atomic E-state index is 13.3. The Kier molecular flexibility index (Phi) is 6.44. The average Bonchev–Trinajstić information content (AvgIpc) is 2.85. The molecule has 0 bridgehead atoms. The number of carbonyl (C=O) groups is 1. The number of aliphatic hydroxyl groups is 1. The van der Waals surface area contributed by atoms with Crippen LogP contribution in [0.4, 0.5) is 8.78 Å². The van der Waals surface area contributed by atoms with Crippen LogP contribution in [-0.2, 0) is 0 Å². The fourth-order valence-electron chi connectivity index (χ4n) is 4.09. The van der Waals surface area contributed by atoms with Gasteiger partial charge in [-0.25, -0.2) is 8.78 Å². The first kappa shape index (κ1) is 20.2. The number of halogens is 2. The molecule has 2 saturated heterocycles. The van der Waals surface area contributed by atoms with Crippen LogP contribution >= 0.6 is 0 Å². The second-order valence-electron chi connectivity index (χ2n) is 7.96. The van der Waals surface area contributed by atoms with Crippen LogP contribution in [0.25, 0.3) is 0 Å². The largest absolute Gasteiger partial charge is 0.388 e. The van der Waals surface area contributed by atoms with E-state index in [0.717, 1.165) is 57.6 Å². The van der Waals surface area contributed by atoms with Gasteiger partial charge in [0.05, 0.1) is 5.60 Å². The SMILES string of the molecule is CN1CCC(N2CCCC(O)(CNC(=O)c3ccc(F)c(F)c3)CC2)CC1. The van der Waals surface area contributed by atoms with Gasteiger partial charge in [-0.3, -0.25) is 4.79 Å². The van der Waals surface area contributed by atoms with Crippen LogP contribution in [0.3, 0.4) is 0 Å². The van der Waals surface area contributed by atoms with E-state index in [2.05, 4.69) is 22.2 Å². The van der Waals surface area contributed by atoms with Gasteiger partial charge in [-0.2, -0.15) is 0 Å². The van der Waals surface area contributed by atoms with E-state index in [1.54, 1.807) is 0 Å². The summed E-state index contributed by atoms with van der Waals surface area (Å²) in [6.07, 6.45) is 4.40. The predicted octanol–water partition coefficient (Wildman–Crippen LogP) is 2.01. The molecule has 1 aromatic carbocycles. The van der Waals surface area contributed by atoms with Crippen LogP contribution in [-0.4, -0.2) is 72.2 Å². The molecular formula is C20H29F2N3O2. The summed E-state index contributed by atoms with van der Waals surface area (Å²) in [5, 5.41) is 13.6. The summed E-state index contributed by atoms with van der Waals surface area (Å²) in [7, 11) is 2.15. The molecule has 2 aliphatic rings. The van der Waals surface area contributed by atoms with Gasteiger partial charge in [-0.1, -0.05) is 0 Å². The van der Waals surface area contributed by atoms with E-state index in [0.29, 0.717) is 18.9 Å². The quantitative estimate of drug-likeness (QED) is 0.838. The van der Waals surface area contributed by atoms with E-state index >= 15 is 0 Å². The van der Waals surface area contributed by atoms with E-state index in [1.807, 2.05) is 0 Å². The Morgan fingerprint density at radius 2 is 1.93 bits per heavy atom. The minimum Gasteiger partial charge on any atom is -0.388 e. The molecule has 27 heavy (non-hydrogen) atoms. The molecule has 0 spiro atoms. The fourth-order valence-corrected chi connectivity index (χ4v) is 4.09. The fraction of sp³-hybridized carbons (Fsp3) is 0.650. The van der Waals surface area contributed by atoms with Crippen molar-refractivity contribution in [2.45, 2.75) is 43.7 Å². The lowest BCUT2D eigenvalue weighted by molar-refractivity contribution is 0.0225. The summed E-state index contributed by atoms with van der Waals surface area (Å²) in [4.78, 5) is 17.0. The van der Waals surface area contributed by atoms with Gasteiger partial charge >= 0.3 is 0 Å². The van der Waals surface area contributed by atoms with Gasteiger partial charge in [0.25, 0.3) is 5.91 Å². The third-order valence-corrected chi connectivity index (χ3v) is 5.92. The van der Waals surface area contributed by atoms with Crippen molar-refractivity contribution in [1.82, 2.24) is 15.1 Å². The van der Waals surface area contributed by atoms with E-state index in [4.69, 9.17) is 0 Å². The monoisotopic (exact) mass is 381 g/mol. The highest BCUT2D eigenvalue weighted by Crippen LogP contribution is 2.25. The number of nitrogens with zero attached hydrogens (tertiary/aromatic N) is 2. The molecule has 1 atom stereocenters. The molecule has 5 nitrogen and oxygen atoms in total. The molecule has 1 unspecified atom stereocenters. The highest BCUT2D eigenvalue weighted by atomic mass is 19.2. The van der Waals surface area contributed by atoms with Crippen molar-refractivity contribution < 1.29 is 18.7 Å². The number of amides is 1. The minimum atomic E-state index is -1.05. The Balaban J connectivity index is 1.52. The van der Waals surface area contributed by atoms with E-state index in [1.165, 1.54) is 6.07 Å². The summed E-state index contributed by atoms with van der Waals surface area (Å²) >= 11 is 0. The minimum absolute atomic E-state index is 0.0547. The number of hydrogen-bond donors (Lipinski definition) is 2. The molecule has 2 heterocycles. The molecule has 2 fully saturated rings. The zero-order valence-electron chi connectivity index (χ0n) is 15.9. The van der Waals surface area contributed by atoms with Gasteiger partial charge in [-0.15, -0.1) is 0 Å². The molecular weight excluding hydrogens is 352 g/mol. The number of rotatable bonds is 4. The van der Waals surface area contributed by atoms with Crippen molar-refractivity contribution in [2.24, 2.45) is 0 Å². The van der Waals surface area contributed by atoms with E-state index in [-0.39, 0.29) is 12.1 Å². The standard InChI is InChI=1S/C20H29F2N3O2/c1-24-10-5-16(6-11-24)25-9-2-7-20(27,8-12-25)14-23-19(26)15-3-4-17(21)18(22)13-15/h3-4,13,16,27H,2,5-12,14H2,1H3,(H,23,26). The predicted molar refractivity (Wildman–Crippen MR) is 99.6 cm³/mol. The number of nitrogens with one attached hydrogen (secondary N) is 1. The summed E-state index contributed by atoms with van der Waals surface area (Å²) in [6.45, 7) is 4.11. The third kappa shape index (κ3) is 5.24. The average molecular weight is 381 g/mol. The highest BCUT2D eigenvalue weighted by Gasteiger charge is 2.33. The van der Waals surface area contributed by atoms with Crippen LogP contribution < -0.4 is 5.32 Å². The van der Waals surface area contributed by atoms with Crippen molar-refractivity contribution in [3.63, 3.8) is 0 Å². The molecule has 2 aliphatic heterocycles. The zero-order valence-corrected chi connectivity index (χ0v) is 15.9. The lowest BCUT2D eigenvalue weighted by Crippen LogP contribution is -2.46. The van der Waals surface area contributed by atoms with Crippen LogP contribution in [0.15, 0.2) is 18.2 Å². The molecule has 150 valence electrons. The van der Waals surface area contributed by atoms with E-state index < -0.39 is 23.1 Å². The van der Waals surface area contributed by atoms with Gasteiger partial charge < -0.3 is 20.2 Å². The number of likely N-dealkylation sites (tertiary alicyclic amines) is 2. The van der Waals surface area contributed by atoms with Gasteiger partial charge in [0.15, 0.2) is 11.6 Å². The summed E-state index contributed by atoms with van der Waals surface area (Å²) in [5.41, 5.74) is -0.909.